The molecule has 6 heteroatoms. The van der Waals surface area contributed by atoms with Gasteiger partial charge in [-0.15, -0.1) is 0 Å². The number of aliphatic hydroxyl groups excluding tert-OH is 1. The molecule has 0 aliphatic carbocycles. The van der Waals surface area contributed by atoms with E-state index in [1.54, 1.807) is 26.0 Å². The summed E-state index contributed by atoms with van der Waals surface area (Å²) in [4.78, 5) is 12.3. The molecule has 1 amide bonds. The lowest BCUT2D eigenvalue weighted by Gasteiger charge is -2.27. The molecule has 0 bridgehead atoms. The van der Waals surface area contributed by atoms with Crippen molar-refractivity contribution < 1.29 is 23.4 Å². The Bertz CT molecular complexity index is 608. The minimum atomic E-state index is -1.20. The highest BCUT2D eigenvalue weighted by Gasteiger charge is 2.32. The molecule has 22 heavy (non-hydrogen) atoms. The van der Waals surface area contributed by atoms with Crippen LogP contribution in [-0.4, -0.2) is 23.2 Å². The van der Waals surface area contributed by atoms with Crippen LogP contribution in [0.15, 0.2) is 47.1 Å². The van der Waals surface area contributed by atoms with Gasteiger partial charge in [-0.3, -0.25) is 4.79 Å². The second-order valence-electron chi connectivity index (χ2n) is 5.29. The van der Waals surface area contributed by atoms with Crippen molar-refractivity contribution in [2.75, 3.05) is 6.61 Å². The highest BCUT2D eigenvalue weighted by Crippen LogP contribution is 2.20. The maximum absolute atomic E-state index is 12.9. The summed E-state index contributed by atoms with van der Waals surface area (Å²) in [6.45, 7) is 2.87. The maximum atomic E-state index is 12.9. The van der Waals surface area contributed by atoms with Gasteiger partial charge in [-0.2, -0.15) is 0 Å². The number of amides is 1. The molecular weight excluding hydrogens is 289 g/mol. The van der Waals surface area contributed by atoms with Crippen molar-refractivity contribution in [3.05, 3.63) is 54.2 Å². The molecule has 1 aromatic heterocycles. The molecular formula is C16H18FNO4. The van der Waals surface area contributed by atoms with Crippen molar-refractivity contribution in [2.45, 2.75) is 25.5 Å². The fourth-order valence-electron chi connectivity index (χ4n) is 1.87. The minimum Gasteiger partial charge on any atom is -0.478 e. The Morgan fingerprint density at radius 3 is 2.59 bits per heavy atom. The highest BCUT2D eigenvalue weighted by molar-refractivity contribution is 5.85. The summed E-state index contributed by atoms with van der Waals surface area (Å²) < 4.78 is 23.6. The number of hydrogen-bond acceptors (Lipinski definition) is 4. The van der Waals surface area contributed by atoms with E-state index in [2.05, 4.69) is 5.32 Å². The van der Waals surface area contributed by atoms with Crippen LogP contribution in [0.5, 0.6) is 5.75 Å². The predicted molar refractivity (Wildman–Crippen MR) is 77.8 cm³/mol. The summed E-state index contributed by atoms with van der Waals surface area (Å²) in [6.07, 6.45) is 1.46. The SMILES string of the molecule is CC(C)(Oc1ccc(F)cc1)C(=O)NC(CO)c1ccco1. The molecule has 2 aromatic rings. The van der Waals surface area contributed by atoms with Crippen molar-refractivity contribution in [1.29, 1.82) is 0 Å². The van der Waals surface area contributed by atoms with Crippen LogP contribution in [-0.2, 0) is 4.79 Å². The highest BCUT2D eigenvalue weighted by atomic mass is 19.1. The molecule has 0 radical (unpaired) electrons. The smallest absolute Gasteiger partial charge is 0.264 e. The molecule has 118 valence electrons. The predicted octanol–water partition coefficient (Wildman–Crippen LogP) is 2.43. The molecule has 1 atom stereocenters. The van der Waals surface area contributed by atoms with Gasteiger partial charge in [0.2, 0.25) is 0 Å². The van der Waals surface area contributed by atoms with Crippen LogP contribution in [0.4, 0.5) is 4.39 Å². The maximum Gasteiger partial charge on any atom is 0.264 e. The quantitative estimate of drug-likeness (QED) is 0.860. The zero-order chi connectivity index (χ0) is 16.2. The first-order chi connectivity index (χ1) is 10.4. The number of rotatable bonds is 6. The third kappa shape index (κ3) is 3.85. The Morgan fingerprint density at radius 1 is 1.36 bits per heavy atom. The van der Waals surface area contributed by atoms with E-state index in [4.69, 9.17) is 9.15 Å². The van der Waals surface area contributed by atoms with Crippen molar-refractivity contribution >= 4 is 5.91 Å². The number of carbonyl (C=O) groups is 1. The molecule has 0 fully saturated rings. The molecule has 0 spiro atoms. The zero-order valence-corrected chi connectivity index (χ0v) is 12.4. The monoisotopic (exact) mass is 307 g/mol. The number of ether oxygens (including phenoxy) is 1. The molecule has 2 N–H and O–H groups in total. The normalized spacial score (nSPS) is 12.7. The van der Waals surface area contributed by atoms with Gasteiger partial charge in [0.15, 0.2) is 5.60 Å². The summed E-state index contributed by atoms with van der Waals surface area (Å²) in [6, 6.07) is 8.07. The van der Waals surface area contributed by atoms with Crippen LogP contribution < -0.4 is 10.1 Å². The van der Waals surface area contributed by atoms with E-state index in [0.29, 0.717) is 11.5 Å². The van der Waals surface area contributed by atoms with Crippen LogP contribution in [0.3, 0.4) is 0 Å². The third-order valence-electron chi connectivity index (χ3n) is 3.11. The van der Waals surface area contributed by atoms with Crippen molar-refractivity contribution in [3.63, 3.8) is 0 Å². The fourth-order valence-corrected chi connectivity index (χ4v) is 1.87. The van der Waals surface area contributed by atoms with E-state index >= 15 is 0 Å². The van der Waals surface area contributed by atoms with Gasteiger partial charge in [-0.25, -0.2) is 4.39 Å². The summed E-state index contributed by atoms with van der Waals surface area (Å²) in [7, 11) is 0. The van der Waals surface area contributed by atoms with Gasteiger partial charge in [0.25, 0.3) is 5.91 Å². The Labute approximate surface area is 127 Å². The second kappa shape index (κ2) is 6.62. The van der Waals surface area contributed by atoms with E-state index in [1.807, 2.05) is 0 Å². The number of nitrogens with one attached hydrogen (secondary N) is 1. The number of benzene rings is 1. The lowest BCUT2D eigenvalue weighted by atomic mass is 10.1. The van der Waals surface area contributed by atoms with Gasteiger partial charge in [0.1, 0.15) is 23.4 Å². The van der Waals surface area contributed by atoms with E-state index in [-0.39, 0.29) is 12.4 Å². The van der Waals surface area contributed by atoms with Crippen LogP contribution in [0.2, 0.25) is 0 Å². The van der Waals surface area contributed by atoms with E-state index in [9.17, 15) is 14.3 Å². The first-order valence-electron chi connectivity index (χ1n) is 6.82. The Hall–Kier alpha value is -2.34. The molecule has 5 nitrogen and oxygen atoms in total. The lowest BCUT2D eigenvalue weighted by Crippen LogP contribution is -2.48. The van der Waals surface area contributed by atoms with Crippen molar-refractivity contribution in [2.24, 2.45) is 0 Å². The number of carbonyl (C=O) groups excluding carboxylic acids is 1. The van der Waals surface area contributed by atoms with Gasteiger partial charge < -0.3 is 19.6 Å². The Kier molecular flexibility index (Phi) is 4.82. The second-order valence-corrected chi connectivity index (χ2v) is 5.29. The topological polar surface area (TPSA) is 71.7 Å². The van der Waals surface area contributed by atoms with Crippen LogP contribution in [0.1, 0.15) is 25.6 Å². The fraction of sp³-hybridized carbons (Fsp3) is 0.312. The first kappa shape index (κ1) is 16.0. The lowest BCUT2D eigenvalue weighted by molar-refractivity contribution is -0.135. The van der Waals surface area contributed by atoms with E-state index in [1.165, 1.54) is 30.5 Å². The summed E-state index contributed by atoms with van der Waals surface area (Å²) in [5.74, 6) is 0.0218. The van der Waals surface area contributed by atoms with Gasteiger partial charge >= 0.3 is 0 Å². The minimum absolute atomic E-state index is 0.300. The molecule has 0 aliphatic rings. The van der Waals surface area contributed by atoms with Crippen molar-refractivity contribution in [1.82, 2.24) is 5.32 Å². The third-order valence-corrected chi connectivity index (χ3v) is 3.11. The zero-order valence-electron chi connectivity index (χ0n) is 12.4. The van der Waals surface area contributed by atoms with E-state index in [0.717, 1.165) is 0 Å². The standard InChI is InChI=1S/C16H18FNO4/c1-16(2,22-12-7-5-11(17)6-8-12)15(20)18-13(10-19)14-4-3-9-21-14/h3-9,13,19H,10H2,1-2H3,(H,18,20). The molecule has 0 saturated carbocycles. The van der Waals surface area contributed by atoms with E-state index < -0.39 is 17.6 Å². The van der Waals surface area contributed by atoms with Crippen LogP contribution >= 0.6 is 0 Å². The molecule has 1 unspecified atom stereocenters. The molecule has 2 rings (SSSR count). The largest absolute Gasteiger partial charge is 0.478 e. The van der Waals surface area contributed by atoms with Gasteiger partial charge in [-0.05, 0) is 50.2 Å². The molecule has 1 aromatic carbocycles. The molecule has 0 saturated heterocycles. The number of aliphatic hydroxyl groups is 1. The van der Waals surface area contributed by atoms with Crippen molar-refractivity contribution in [3.8, 4) is 5.75 Å². The summed E-state index contributed by atoms with van der Waals surface area (Å²) >= 11 is 0. The van der Waals surface area contributed by atoms with Crippen LogP contribution in [0, 0.1) is 5.82 Å². The molecule has 1 heterocycles. The number of hydrogen-bond donors (Lipinski definition) is 2. The van der Waals surface area contributed by atoms with Gasteiger partial charge in [-0.1, -0.05) is 0 Å². The average molecular weight is 307 g/mol. The Morgan fingerprint density at radius 2 is 2.05 bits per heavy atom. The van der Waals surface area contributed by atoms with Crippen LogP contribution in [0.25, 0.3) is 0 Å². The number of halogens is 1. The van der Waals surface area contributed by atoms with Gasteiger partial charge in [0.05, 0.1) is 12.9 Å². The summed E-state index contributed by atoms with van der Waals surface area (Å²) in [5, 5.41) is 12.0. The molecule has 0 aliphatic heterocycles. The Balaban J connectivity index is 2.04. The van der Waals surface area contributed by atoms with Gasteiger partial charge in [0, 0.05) is 0 Å². The number of furan rings is 1. The average Bonchev–Trinajstić information content (AvgIpc) is 3.00. The summed E-state index contributed by atoms with van der Waals surface area (Å²) in [5.41, 5.74) is -1.20. The first-order valence-corrected chi connectivity index (χ1v) is 6.82.